The van der Waals surface area contributed by atoms with Crippen LogP contribution < -0.4 is 5.32 Å². The number of nitrogens with one attached hydrogen (secondary N) is 1. The van der Waals surface area contributed by atoms with Crippen LogP contribution in [0, 0.1) is 38.6 Å². The minimum atomic E-state index is -1.57. The molecule has 0 bridgehead atoms. The largest absolute Gasteiger partial charge is 3.00 e. The van der Waals surface area contributed by atoms with E-state index in [9.17, 15) is 15.0 Å². The van der Waals surface area contributed by atoms with Crippen molar-refractivity contribution in [1.82, 2.24) is 25.1 Å². The number of hydrogen-bond donors (Lipinski definition) is 4. The molecule has 1 aliphatic rings. The average molecular weight is 560 g/mol. The molecule has 0 radical (unpaired) electrons. The molecular weight excluding hydrogens is 533 g/mol. The van der Waals surface area contributed by atoms with Gasteiger partial charge in [-0.15, -0.1) is 0 Å². The number of aliphatic hydroxyl groups is 2. The van der Waals surface area contributed by atoms with Crippen molar-refractivity contribution in [2.45, 2.75) is 19.4 Å². The van der Waals surface area contributed by atoms with Crippen LogP contribution in [0.4, 0.5) is 0 Å². The Kier molecular flexibility index (Phi) is 10.6. The van der Waals surface area contributed by atoms with E-state index in [0.717, 1.165) is 50.7 Å². The molecule has 0 saturated carbocycles. The number of nitrogens with zero attached hydrogens (tertiary/aromatic N) is 4. The van der Waals surface area contributed by atoms with Crippen LogP contribution in [0.15, 0.2) is 36.4 Å². The van der Waals surface area contributed by atoms with Crippen LogP contribution >= 0.6 is 0 Å². The van der Waals surface area contributed by atoms with Crippen molar-refractivity contribution in [3.05, 3.63) is 59.2 Å². The minimum absolute atomic E-state index is 0. The summed E-state index contributed by atoms with van der Waals surface area (Å²) in [6.07, 6.45) is -1.57. The summed E-state index contributed by atoms with van der Waals surface area (Å²) in [7, 11) is 0. The predicted molar refractivity (Wildman–Crippen MR) is 106 cm³/mol. The van der Waals surface area contributed by atoms with Gasteiger partial charge in [-0.2, -0.15) is 0 Å². The number of carboxylic acid groups (broad SMARTS) is 1. The zero-order valence-electron chi connectivity index (χ0n) is 16.6. The first-order valence-electron chi connectivity index (χ1n) is 9.68. The van der Waals surface area contributed by atoms with Gasteiger partial charge in [0.2, 0.25) is 0 Å². The van der Waals surface area contributed by atoms with Crippen LogP contribution in [0.1, 0.15) is 33.9 Å². The maximum Gasteiger partial charge on any atom is 3.00 e. The molecule has 0 spiro atoms. The monoisotopic (exact) mass is 560 g/mol. The average Bonchev–Trinajstić information content (AvgIpc) is 2.81. The number of hydrogen-bond acceptors (Lipinski definition) is 8. The summed E-state index contributed by atoms with van der Waals surface area (Å²) >= 11 is 0. The first-order valence-corrected chi connectivity index (χ1v) is 9.68. The molecule has 3 heterocycles. The van der Waals surface area contributed by atoms with E-state index in [1.807, 2.05) is 12.1 Å². The van der Waals surface area contributed by atoms with Gasteiger partial charge in [0.15, 0.2) is 6.29 Å². The Labute approximate surface area is 206 Å². The first-order chi connectivity index (χ1) is 14.0. The van der Waals surface area contributed by atoms with E-state index < -0.39 is 12.3 Å². The number of pyridine rings is 2. The Morgan fingerprint density at radius 3 is 2.07 bits per heavy atom. The van der Waals surface area contributed by atoms with E-state index in [-0.39, 0.29) is 50.0 Å². The van der Waals surface area contributed by atoms with Gasteiger partial charge in [-0.05, 0) is 24.3 Å². The van der Waals surface area contributed by atoms with E-state index >= 15 is 0 Å². The van der Waals surface area contributed by atoms with Gasteiger partial charge in [0.25, 0.3) is 0 Å². The summed E-state index contributed by atoms with van der Waals surface area (Å²) in [5.41, 5.74) is 1.83. The van der Waals surface area contributed by atoms with E-state index in [2.05, 4.69) is 25.1 Å². The third-order valence-electron chi connectivity index (χ3n) is 4.83. The van der Waals surface area contributed by atoms with E-state index in [4.69, 9.17) is 5.11 Å². The molecule has 0 atom stereocenters. The second-order valence-corrected chi connectivity index (χ2v) is 7.05. The van der Waals surface area contributed by atoms with Gasteiger partial charge >= 0.3 is 44.6 Å². The fourth-order valence-electron chi connectivity index (χ4n) is 3.30. The smallest absolute Gasteiger partial charge is 0.477 e. The molecule has 1 fully saturated rings. The summed E-state index contributed by atoms with van der Waals surface area (Å²) in [6, 6.07) is 10.3. The normalized spacial score (nSPS) is 16.4. The predicted octanol–water partition coefficient (Wildman–Crippen LogP) is 0.0654. The molecule has 4 N–H and O–H groups in total. The van der Waals surface area contributed by atoms with Crippen molar-refractivity contribution in [2.75, 3.05) is 39.3 Å². The van der Waals surface area contributed by atoms with Gasteiger partial charge in [0, 0.05) is 52.4 Å². The number of aliphatic hydroxyl groups excluding tert-OH is 1. The van der Waals surface area contributed by atoms with Gasteiger partial charge in [-0.1, -0.05) is 12.1 Å². The molecule has 0 aromatic carbocycles. The topological polar surface area (TPSA) is 122 Å². The van der Waals surface area contributed by atoms with Crippen LogP contribution in [0.2, 0.25) is 0 Å². The van der Waals surface area contributed by atoms with Crippen molar-refractivity contribution in [1.29, 1.82) is 0 Å². The number of carboxylic acids is 1. The van der Waals surface area contributed by atoms with Crippen molar-refractivity contribution in [3.8, 4) is 0 Å². The van der Waals surface area contributed by atoms with Crippen molar-refractivity contribution < 1.29 is 58.7 Å². The number of aromatic nitrogens is 2. The van der Waals surface area contributed by atoms with Crippen molar-refractivity contribution in [3.63, 3.8) is 0 Å². The summed E-state index contributed by atoms with van der Waals surface area (Å²) in [5.74, 6) is -1.02. The van der Waals surface area contributed by atoms with E-state index in [0.29, 0.717) is 13.1 Å². The van der Waals surface area contributed by atoms with Gasteiger partial charge in [0.1, 0.15) is 5.69 Å². The number of carbonyl (C=O) groups is 1. The molecule has 9 nitrogen and oxygen atoms in total. The van der Waals surface area contributed by atoms with Gasteiger partial charge < -0.3 is 20.6 Å². The molecule has 1 aliphatic heterocycles. The molecule has 162 valence electrons. The molecule has 0 unspecified atom stereocenters. The first kappa shape index (κ1) is 25.1. The fourth-order valence-corrected chi connectivity index (χ4v) is 3.30. The summed E-state index contributed by atoms with van der Waals surface area (Å²) in [6.45, 7) is 6.21. The molecular formula is C20H27N5O4Tb+3. The molecule has 0 amide bonds. The summed E-state index contributed by atoms with van der Waals surface area (Å²) < 4.78 is 0. The zero-order valence-corrected chi connectivity index (χ0v) is 18.7. The van der Waals surface area contributed by atoms with Crippen LogP contribution in [0.5, 0.6) is 0 Å². The Bertz CT molecular complexity index is 823. The van der Waals surface area contributed by atoms with Crippen LogP contribution in [0.3, 0.4) is 0 Å². The van der Waals surface area contributed by atoms with Crippen molar-refractivity contribution in [2.24, 2.45) is 0 Å². The molecule has 10 heteroatoms. The van der Waals surface area contributed by atoms with Gasteiger partial charge in [-0.3, -0.25) is 14.8 Å². The Hall–Kier alpha value is -1.14. The number of rotatable bonds is 6. The number of aromatic carboxylic acids is 1. The Balaban J connectivity index is 0.00000320. The van der Waals surface area contributed by atoms with Crippen molar-refractivity contribution >= 4 is 5.97 Å². The van der Waals surface area contributed by atoms with E-state index in [1.165, 1.54) is 6.07 Å². The van der Waals surface area contributed by atoms with E-state index in [1.54, 1.807) is 18.2 Å². The molecule has 1 saturated heterocycles. The standard InChI is InChI=1S/C20H27N5O4.Tb/c26-19(27)17-5-1-3-15(22-17)13-24-9-7-21-8-10-25(12-11-24)14-16-4-2-6-18(23-16)20(28)29;/h1-6,19,21,26-27H,7-14H2,(H,28,29);/q;+3. The van der Waals surface area contributed by atoms with Crippen LogP contribution in [-0.2, 0) is 13.1 Å². The maximum absolute atomic E-state index is 11.1. The molecule has 30 heavy (non-hydrogen) atoms. The van der Waals surface area contributed by atoms with Crippen LogP contribution in [0.25, 0.3) is 0 Å². The maximum atomic E-state index is 11.1. The zero-order chi connectivity index (χ0) is 20.6. The minimum Gasteiger partial charge on any atom is -0.477 e. The summed E-state index contributed by atoms with van der Waals surface area (Å²) in [4.78, 5) is 24.2. The fraction of sp³-hybridized carbons (Fsp3) is 0.450. The third kappa shape index (κ3) is 7.84. The quantitative estimate of drug-likeness (QED) is 0.364. The van der Waals surface area contributed by atoms with Gasteiger partial charge in [-0.25, -0.2) is 9.78 Å². The van der Waals surface area contributed by atoms with Crippen LogP contribution in [-0.4, -0.2) is 80.3 Å². The van der Waals surface area contributed by atoms with Gasteiger partial charge in [0.05, 0.1) is 17.1 Å². The summed E-state index contributed by atoms with van der Waals surface area (Å²) in [5, 5.41) is 31.2. The molecule has 2 aromatic heterocycles. The Morgan fingerprint density at radius 1 is 0.933 bits per heavy atom. The molecule has 2 aromatic rings. The second-order valence-electron chi connectivity index (χ2n) is 7.05. The second kappa shape index (κ2) is 12.6. The molecule has 3 rings (SSSR count). The molecule has 0 aliphatic carbocycles. The third-order valence-corrected chi connectivity index (χ3v) is 4.83. The SMILES string of the molecule is O=C(O)c1cccc(CN2CCNCCN(Cc3cccc(C(O)O)n3)CC2)n1.[Tb+3]. The Morgan fingerprint density at radius 2 is 1.50 bits per heavy atom.